The molecule has 0 spiro atoms. The quantitative estimate of drug-likeness (QED) is 0.584. The lowest BCUT2D eigenvalue weighted by Gasteiger charge is -2.30. The van der Waals surface area contributed by atoms with Gasteiger partial charge in [-0.25, -0.2) is 0 Å². The predicted octanol–water partition coefficient (Wildman–Crippen LogP) is 4.14. The van der Waals surface area contributed by atoms with Crippen molar-refractivity contribution in [2.75, 3.05) is 31.6 Å². The van der Waals surface area contributed by atoms with E-state index in [1.807, 2.05) is 24.3 Å². The van der Waals surface area contributed by atoms with Crippen LogP contribution in [0.4, 0.5) is 5.69 Å². The van der Waals surface area contributed by atoms with Crippen LogP contribution in [0, 0.1) is 5.92 Å². The maximum Gasteiger partial charge on any atom is 0.227 e. The zero-order chi connectivity index (χ0) is 22.2. The van der Waals surface area contributed by atoms with E-state index in [4.69, 9.17) is 33.7 Å². The van der Waals surface area contributed by atoms with E-state index < -0.39 is 0 Å². The second kappa shape index (κ2) is 11.4. The highest BCUT2D eigenvalue weighted by Gasteiger charge is 2.22. The van der Waals surface area contributed by atoms with Crippen molar-refractivity contribution in [2.24, 2.45) is 11.7 Å². The zero-order valence-corrected chi connectivity index (χ0v) is 18.8. The first-order valence-electron chi connectivity index (χ1n) is 10.4. The first-order chi connectivity index (χ1) is 14.9. The van der Waals surface area contributed by atoms with Crippen LogP contribution in [0.25, 0.3) is 0 Å². The summed E-state index contributed by atoms with van der Waals surface area (Å²) < 4.78 is 5.55. The minimum Gasteiger partial charge on any atom is -0.491 e. The van der Waals surface area contributed by atoms with Crippen molar-refractivity contribution in [1.29, 1.82) is 0 Å². The summed E-state index contributed by atoms with van der Waals surface area (Å²) in [6, 6.07) is 13.0. The van der Waals surface area contributed by atoms with Crippen LogP contribution in [0.3, 0.4) is 0 Å². The minimum absolute atomic E-state index is 0.0204. The third-order valence-corrected chi connectivity index (χ3v) is 6.25. The van der Waals surface area contributed by atoms with Crippen molar-refractivity contribution in [3.63, 3.8) is 0 Å². The Balaban J connectivity index is 1.37. The number of amides is 2. The van der Waals surface area contributed by atoms with Gasteiger partial charge < -0.3 is 20.7 Å². The molecule has 0 unspecified atom stereocenters. The van der Waals surface area contributed by atoms with Gasteiger partial charge in [0.15, 0.2) is 0 Å². The van der Waals surface area contributed by atoms with E-state index >= 15 is 0 Å². The average Bonchev–Trinajstić information content (AvgIpc) is 2.76. The molecular formula is C23H27Cl2N3O3. The van der Waals surface area contributed by atoms with Gasteiger partial charge in [0.05, 0.1) is 18.1 Å². The molecule has 0 bridgehead atoms. The molecule has 1 saturated heterocycles. The van der Waals surface area contributed by atoms with Crippen LogP contribution in [-0.4, -0.2) is 43.0 Å². The fraction of sp³-hybridized carbons (Fsp3) is 0.391. The lowest BCUT2D eigenvalue weighted by Crippen LogP contribution is -2.39. The first kappa shape index (κ1) is 23.4. The number of nitrogens with two attached hydrogens (primary N) is 1. The Morgan fingerprint density at radius 3 is 2.48 bits per heavy atom. The Bertz CT molecular complexity index is 897. The summed E-state index contributed by atoms with van der Waals surface area (Å²) >= 11 is 12.0. The molecule has 1 aliphatic heterocycles. The molecule has 0 radical (unpaired) electrons. The van der Waals surface area contributed by atoms with E-state index in [9.17, 15) is 9.59 Å². The van der Waals surface area contributed by atoms with Crippen LogP contribution >= 0.6 is 23.2 Å². The molecule has 6 nitrogen and oxygen atoms in total. The predicted molar refractivity (Wildman–Crippen MR) is 124 cm³/mol. The van der Waals surface area contributed by atoms with Crippen LogP contribution in [0.5, 0.6) is 5.75 Å². The fourth-order valence-electron chi connectivity index (χ4n) is 3.56. The number of halogens is 2. The third kappa shape index (κ3) is 7.13. The van der Waals surface area contributed by atoms with Crippen LogP contribution in [-0.2, 0) is 16.0 Å². The van der Waals surface area contributed by atoms with E-state index in [1.165, 1.54) is 5.56 Å². The number of hydrogen-bond donors (Lipinski definition) is 2. The van der Waals surface area contributed by atoms with E-state index in [-0.39, 0.29) is 30.8 Å². The molecule has 3 N–H and O–H groups in total. The van der Waals surface area contributed by atoms with Gasteiger partial charge in [0.25, 0.3) is 0 Å². The summed E-state index contributed by atoms with van der Waals surface area (Å²) in [6.07, 6.45) is 2.80. The second-order valence-electron chi connectivity index (χ2n) is 7.66. The molecule has 3 rings (SSSR count). The van der Waals surface area contributed by atoms with Gasteiger partial charge in [0, 0.05) is 18.2 Å². The summed E-state index contributed by atoms with van der Waals surface area (Å²) in [6.45, 7) is 2.96. The highest BCUT2D eigenvalue weighted by Crippen LogP contribution is 2.31. The Morgan fingerprint density at radius 2 is 1.81 bits per heavy atom. The topological polar surface area (TPSA) is 84.7 Å². The normalized spacial score (nSPS) is 14.9. The number of anilines is 1. The lowest BCUT2D eigenvalue weighted by atomic mass is 9.96. The maximum absolute atomic E-state index is 12.2. The van der Waals surface area contributed by atoms with Gasteiger partial charge in [-0.15, -0.1) is 0 Å². The highest BCUT2D eigenvalue weighted by molar-refractivity contribution is 6.42. The maximum atomic E-state index is 12.2. The molecule has 1 heterocycles. The summed E-state index contributed by atoms with van der Waals surface area (Å²) in [5.41, 5.74) is 7.34. The highest BCUT2D eigenvalue weighted by atomic mass is 35.5. The van der Waals surface area contributed by atoms with Gasteiger partial charge in [-0.1, -0.05) is 41.4 Å². The van der Waals surface area contributed by atoms with Gasteiger partial charge >= 0.3 is 0 Å². The first-order valence-corrected chi connectivity index (χ1v) is 11.1. The fourth-order valence-corrected chi connectivity index (χ4v) is 3.90. The SMILES string of the molecule is NC(=O)C1CCN(CCc2ccc(NC(=O)CCOc3cccc(Cl)c3Cl)cc2)CC1. The van der Waals surface area contributed by atoms with Crippen molar-refractivity contribution in [1.82, 2.24) is 4.90 Å². The summed E-state index contributed by atoms with van der Waals surface area (Å²) in [4.78, 5) is 25.8. The Labute approximate surface area is 192 Å². The average molecular weight is 464 g/mol. The number of carbonyl (C=O) groups is 2. The van der Waals surface area contributed by atoms with Crippen molar-refractivity contribution in [3.8, 4) is 5.75 Å². The van der Waals surface area contributed by atoms with Gasteiger partial charge in [0.1, 0.15) is 10.8 Å². The molecule has 166 valence electrons. The van der Waals surface area contributed by atoms with Gasteiger partial charge in [-0.3, -0.25) is 9.59 Å². The summed E-state index contributed by atoms with van der Waals surface area (Å²) in [5.74, 6) is 0.164. The number of likely N-dealkylation sites (tertiary alicyclic amines) is 1. The number of ether oxygens (including phenoxy) is 1. The van der Waals surface area contributed by atoms with Crippen molar-refractivity contribution in [2.45, 2.75) is 25.7 Å². The van der Waals surface area contributed by atoms with Crippen LogP contribution in [0.1, 0.15) is 24.8 Å². The smallest absolute Gasteiger partial charge is 0.227 e. The lowest BCUT2D eigenvalue weighted by molar-refractivity contribution is -0.123. The van der Waals surface area contributed by atoms with Crippen molar-refractivity contribution < 1.29 is 14.3 Å². The van der Waals surface area contributed by atoms with E-state index in [0.717, 1.165) is 44.6 Å². The molecule has 0 aliphatic carbocycles. The molecule has 2 aromatic rings. The molecule has 0 atom stereocenters. The number of piperidine rings is 1. The van der Waals surface area contributed by atoms with E-state index in [2.05, 4.69) is 10.2 Å². The Kier molecular flexibility index (Phi) is 8.58. The van der Waals surface area contributed by atoms with Crippen LogP contribution in [0.15, 0.2) is 42.5 Å². The van der Waals surface area contributed by atoms with Gasteiger partial charge in [-0.2, -0.15) is 0 Å². The molecule has 1 fully saturated rings. The molecule has 8 heteroatoms. The number of nitrogens with one attached hydrogen (secondary N) is 1. The molecule has 0 saturated carbocycles. The Morgan fingerprint density at radius 1 is 1.10 bits per heavy atom. The number of nitrogens with zero attached hydrogens (tertiary/aromatic N) is 1. The molecule has 2 aromatic carbocycles. The molecule has 31 heavy (non-hydrogen) atoms. The minimum atomic E-state index is -0.183. The van der Waals surface area contributed by atoms with Gasteiger partial charge in [-0.05, 0) is 62.2 Å². The van der Waals surface area contributed by atoms with Gasteiger partial charge in [0.2, 0.25) is 11.8 Å². The molecular weight excluding hydrogens is 437 g/mol. The molecule has 0 aromatic heterocycles. The number of primary amides is 1. The van der Waals surface area contributed by atoms with Crippen molar-refractivity contribution >= 4 is 40.7 Å². The van der Waals surface area contributed by atoms with Crippen molar-refractivity contribution in [3.05, 3.63) is 58.1 Å². The summed E-state index contributed by atoms with van der Waals surface area (Å²) in [7, 11) is 0. The van der Waals surface area contributed by atoms with E-state index in [1.54, 1.807) is 18.2 Å². The number of rotatable bonds is 9. The van der Waals surface area contributed by atoms with Crippen LogP contribution in [0.2, 0.25) is 10.0 Å². The number of carbonyl (C=O) groups excluding carboxylic acids is 2. The number of hydrogen-bond acceptors (Lipinski definition) is 4. The second-order valence-corrected chi connectivity index (χ2v) is 8.45. The largest absolute Gasteiger partial charge is 0.491 e. The standard InChI is InChI=1S/C23H27Cl2N3O3/c24-19-2-1-3-20(22(19)25)31-15-11-21(29)27-18-6-4-16(5-7-18)8-12-28-13-9-17(10-14-28)23(26)30/h1-7,17H,8-15H2,(H2,26,30)(H,27,29). The molecule has 2 amide bonds. The summed E-state index contributed by atoms with van der Waals surface area (Å²) in [5, 5.41) is 3.63. The third-order valence-electron chi connectivity index (χ3n) is 5.45. The van der Waals surface area contributed by atoms with E-state index in [0.29, 0.717) is 15.8 Å². The zero-order valence-electron chi connectivity index (χ0n) is 17.3. The monoisotopic (exact) mass is 463 g/mol. The Hall–Kier alpha value is -2.28. The number of benzene rings is 2. The molecule has 1 aliphatic rings. The van der Waals surface area contributed by atoms with Crippen LogP contribution < -0.4 is 15.8 Å².